The van der Waals surface area contributed by atoms with Crippen molar-refractivity contribution < 1.29 is 0 Å². The summed E-state index contributed by atoms with van der Waals surface area (Å²) in [5, 5.41) is 0. The van der Waals surface area contributed by atoms with Gasteiger partial charge in [0.1, 0.15) is 0 Å². The van der Waals surface area contributed by atoms with E-state index in [1.807, 2.05) is 6.07 Å². The lowest BCUT2D eigenvalue weighted by atomic mass is 10.1. The van der Waals surface area contributed by atoms with Crippen molar-refractivity contribution in [3.63, 3.8) is 0 Å². The standard InChI is InChI=1S/C10H13NS/c11-10(12)8-4-7-9-5-2-1-3-6-9/h1-3,5-6H,4,7-8H2,(H2,11,12). The van der Waals surface area contributed by atoms with Crippen molar-refractivity contribution in [1.82, 2.24) is 0 Å². The third kappa shape index (κ3) is 3.49. The molecule has 1 aromatic rings. The fraction of sp³-hybridized carbons (Fsp3) is 0.300. The van der Waals surface area contributed by atoms with Gasteiger partial charge in [0.2, 0.25) is 0 Å². The molecule has 0 radical (unpaired) electrons. The average molecular weight is 179 g/mol. The van der Waals surface area contributed by atoms with E-state index in [0.717, 1.165) is 19.3 Å². The summed E-state index contributed by atoms with van der Waals surface area (Å²) < 4.78 is 0. The van der Waals surface area contributed by atoms with Gasteiger partial charge in [-0.2, -0.15) is 0 Å². The molecule has 0 atom stereocenters. The van der Waals surface area contributed by atoms with Crippen LogP contribution < -0.4 is 5.73 Å². The molecule has 0 fully saturated rings. The molecule has 1 aromatic carbocycles. The van der Waals surface area contributed by atoms with Crippen LogP contribution in [0, 0.1) is 0 Å². The Morgan fingerprint density at radius 3 is 2.50 bits per heavy atom. The third-order valence-corrected chi connectivity index (χ3v) is 1.94. The fourth-order valence-corrected chi connectivity index (χ4v) is 1.26. The fourth-order valence-electron chi connectivity index (χ4n) is 1.11. The molecule has 0 aromatic heterocycles. The summed E-state index contributed by atoms with van der Waals surface area (Å²) in [6.07, 6.45) is 2.97. The van der Waals surface area contributed by atoms with Crippen LogP contribution in [0.5, 0.6) is 0 Å². The van der Waals surface area contributed by atoms with Crippen molar-refractivity contribution in [2.24, 2.45) is 5.73 Å². The average Bonchev–Trinajstić information content (AvgIpc) is 2.05. The van der Waals surface area contributed by atoms with Gasteiger partial charge in [-0.25, -0.2) is 0 Å². The smallest absolute Gasteiger partial charge is 0.0727 e. The zero-order valence-electron chi connectivity index (χ0n) is 6.99. The minimum atomic E-state index is 0.617. The summed E-state index contributed by atoms with van der Waals surface area (Å²) in [6.45, 7) is 0. The first kappa shape index (κ1) is 9.20. The molecule has 0 saturated carbocycles. The summed E-state index contributed by atoms with van der Waals surface area (Å²) in [5.41, 5.74) is 6.74. The van der Waals surface area contributed by atoms with E-state index >= 15 is 0 Å². The Hall–Kier alpha value is -0.890. The molecule has 0 aliphatic rings. The molecule has 1 rings (SSSR count). The molecule has 64 valence electrons. The molecule has 2 N–H and O–H groups in total. The van der Waals surface area contributed by atoms with E-state index in [1.165, 1.54) is 5.56 Å². The van der Waals surface area contributed by atoms with Gasteiger partial charge >= 0.3 is 0 Å². The summed E-state index contributed by atoms with van der Waals surface area (Å²) in [5.74, 6) is 0. The van der Waals surface area contributed by atoms with Crippen molar-refractivity contribution in [1.29, 1.82) is 0 Å². The molecule has 0 aliphatic heterocycles. The number of thiocarbonyl (C=S) groups is 1. The maximum absolute atomic E-state index is 5.39. The Balaban J connectivity index is 2.29. The minimum absolute atomic E-state index is 0.617. The predicted octanol–water partition coefficient (Wildman–Crippen LogP) is 2.30. The molecule has 0 bridgehead atoms. The maximum atomic E-state index is 5.39. The molecule has 0 amide bonds. The number of hydrogen-bond donors (Lipinski definition) is 1. The van der Waals surface area contributed by atoms with Crippen LogP contribution in [0.2, 0.25) is 0 Å². The van der Waals surface area contributed by atoms with Gasteiger partial charge in [-0.15, -0.1) is 0 Å². The quantitative estimate of drug-likeness (QED) is 0.718. The van der Waals surface area contributed by atoms with E-state index in [0.29, 0.717) is 4.99 Å². The molecule has 0 heterocycles. The lowest BCUT2D eigenvalue weighted by Gasteiger charge is -1.99. The van der Waals surface area contributed by atoms with Gasteiger partial charge in [-0.05, 0) is 24.8 Å². The minimum Gasteiger partial charge on any atom is -0.393 e. The van der Waals surface area contributed by atoms with Crippen LogP contribution in [0.3, 0.4) is 0 Å². The molecule has 0 unspecified atom stereocenters. The van der Waals surface area contributed by atoms with Crippen LogP contribution >= 0.6 is 12.2 Å². The van der Waals surface area contributed by atoms with Crippen LogP contribution in [0.15, 0.2) is 30.3 Å². The molecular formula is C10H13NS. The zero-order chi connectivity index (χ0) is 8.81. The predicted molar refractivity (Wildman–Crippen MR) is 56.2 cm³/mol. The van der Waals surface area contributed by atoms with E-state index in [-0.39, 0.29) is 0 Å². The highest BCUT2D eigenvalue weighted by Crippen LogP contribution is 2.03. The van der Waals surface area contributed by atoms with Crippen molar-refractivity contribution in [2.45, 2.75) is 19.3 Å². The van der Waals surface area contributed by atoms with Gasteiger partial charge in [-0.3, -0.25) is 0 Å². The number of rotatable bonds is 4. The van der Waals surface area contributed by atoms with E-state index in [4.69, 9.17) is 18.0 Å². The monoisotopic (exact) mass is 179 g/mol. The van der Waals surface area contributed by atoms with Crippen molar-refractivity contribution in [3.8, 4) is 0 Å². The Kier molecular flexibility index (Phi) is 3.74. The summed E-state index contributed by atoms with van der Waals surface area (Å²) in [4.78, 5) is 0.617. The second-order valence-electron chi connectivity index (χ2n) is 2.81. The molecule has 1 nitrogen and oxygen atoms in total. The van der Waals surface area contributed by atoms with Gasteiger partial charge in [0.05, 0.1) is 4.99 Å². The van der Waals surface area contributed by atoms with Crippen LogP contribution in [-0.4, -0.2) is 4.99 Å². The zero-order valence-corrected chi connectivity index (χ0v) is 7.81. The Labute approximate surface area is 78.6 Å². The van der Waals surface area contributed by atoms with Gasteiger partial charge in [-0.1, -0.05) is 42.5 Å². The largest absolute Gasteiger partial charge is 0.393 e. The van der Waals surface area contributed by atoms with E-state index in [1.54, 1.807) is 0 Å². The second kappa shape index (κ2) is 4.88. The summed E-state index contributed by atoms with van der Waals surface area (Å²) >= 11 is 4.79. The lowest BCUT2D eigenvalue weighted by Crippen LogP contribution is -2.07. The Morgan fingerprint density at radius 2 is 1.92 bits per heavy atom. The Bertz CT molecular complexity index is 243. The summed E-state index contributed by atoms with van der Waals surface area (Å²) in [7, 11) is 0. The topological polar surface area (TPSA) is 26.0 Å². The normalized spacial score (nSPS) is 9.67. The highest BCUT2D eigenvalue weighted by Gasteiger charge is 1.92. The van der Waals surface area contributed by atoms with E-state index in [9.17, 15) is 0 Å². The van der Waals surface area contributed by atoms with Gasteiger partial charge in [0.25, 0.3) is 0 Å². The first-order valence-corrected chi connectivity index (χ1v) is 4.52. The Morgan fingerprint density at radius 1 is 1.25 bits per heavy atom. The molecule has 0 saturated heterocycles. The SMILES string of the molecule is NC(=S)CCCc1ccccc1. The van der Waals surface area contributed by atoms with Crippen LogP contribution in [-0.2, 0) is 6.42 Å². The number of benzene rings is 1. The van der Waals surface area contributed by atoms with Gasteiger partial charge < -0.3 is 5.73 Å². The van der Waals surface area contributed by atoms with E-state index < -0.39 is 0 Å². The first-order chi connectivity index (χ1) is 5.79. The number of aryl methyl sites for hydroxylation is 1. The molecule has 0 aliphatic carbocycles. The van der Waals surface area contributed by atoms with Gasteiger partial charge in [0.15, 0.2) is 0 Å². The highest BCUT2D eigenvalue weighted by atomic mass is 32.1. The molecule has 2 heteroatoms. The van der Waals surface area contributed by atoms with Crippen molar-refractivity contribution in [2.75, 3.05) is 0 Å². The maximum Gasteiger partial charge on any atom is 0.0727 e. The third-order valence-electron chi connectivity index (χ3n) is 1.73. The van der Waals surface area contributed by atoms with Crippen LogP contribution in [0.1, 0.15) is 18.4 Å². The molecule has 0 spiro atoms. The van der Waals surface area contributed by atoms with Crippen molar-refractivity contribution >= 4 is 17.2 Å². The molecule has 12 heavy (non-hydrogen) atoms. The lowest BCUT2D eigenvalue weighted by molar-refractivity contribution is 0.868. The highest BCUT2D eigenvalue weighted by molar-refractivity contribution is 7.80. The summed E-state index contributed by atoms with van der Waals surface area (Å²) in [6, 6.07) is 10.4. The van der Waals surface area contributed by atoms with Crippen LogP contribution in [0.4, 0.5) is 0 Å². The van der Waals surface area contributed by atoms with E-state index in [2.05, 4.69) is 24.3 Å². The van der Waals surface area contributed by atoms with Crippen LogP contribution in [0.25, 0.3) is 0 Å². The number of hydrogen-bond acceptors (Lipinski definition) is 1. The molecular weight excluding hydrogens is 166 g/mol. The number of nitrogens with two attached hydrogens (primary N) is 1. The second-order valence-corrected chi connectivity index (χ2v) is 3.33. The first-order valence-electron chi connectivity index (χ1n) is 4.11. The van der Waals surface area contributed by atoms with Crippen molar-refractivity contribution in [3.05, 3.63) is 35.9 Å². The van der Waals surface area contributed by atoms with Gasteiger partial charge in [0, 0.05) is 0 Å².